The molecule has 1 saturated carbocycles. The van der Waals surface area contributed by atoms with Crippen LogP contribution in [-0.2, 0) is 6.42 Å². The van der Waals surface area contributed by atoms with Crippen molar-refractivity contribution in [1.82, 2.24) is 5.32 Å². The van der Waals surface area contributed by atoms with Crippen LogP contribution in [0.15, 0.2) is 15.9 Å². The van der Waals surface area contributed by atoms with Crippen molar-refractivity contribution in [2.75, 3.05) is 6.54 Å². The molecule has 1 N–H and O–H groups in total. The van der Waals surface area contributed by atoms with Crippen LogP contribution in [0, 0.1) is 11.8 Å². The van der Waals surface area contributed by atoms with E-state index < -0.39 is 0 Å². The van der Waals surface area contributed by atoms with Crippen molar-refractivity contribution < 1.29 is 0 Å². The monoisotopic (exact) mass is 315 g/mol. The van der Waals surface area contributed by atoms with Crippen LogP contribution >= 0.6 is 27.3 Å². The summed E-state index contributed by atoms with van der Waals surface area (Å²) in [7, 11) is 0. The summed E-state index contributed by atoms with van der Waals surface area (Å²) in [5.41, 5.74) is 0. The Labute approximate surface area is 117 Å². The normalized spacial score (nSPS) is 19.2. The minimum Gasteiger partial charge on any atom is -0.313 e. The third kappa shape index (κ3) is 3.80. The summed E-state index contributed by atoms with van der Waals surface area (Å²) < 4.78 is 1.29. The van der Waals surface area contributed by atoms with E-state index in [9.17, 15) is 0 Å². The van der Waals surface area contributed by atoms with E-state index in [1.54, 1.807) is 0 Å². The van der Waals surface area contributed by atoms with Gasteiger partial charge in [0.05, 0.1) is 0 Å². The second kappa shape index (κ2) is 6.35. The first-order chi connectivity index (χ1) is 8.22. The van der Waals surface area contributed by atoms with Gasteiger partial charge in [-0.3, -0.25) is 0 Å². The molecule has 1 aromatic heterocycles. The Kier molecular flexibility index (Phi) is 5.07. The maximum absolute atomic E-state index is 3.74. The van der Waals surface area contributed by atoms with Gasteiger partial charge in [0.1, 0.15) is 0 Å². The van der Waals surface area contributed by atoms with E-state index in [0.717, 1.165) is 18.4 Å². The summed E-state index contributed by atoms with van der Waals surface area (Å²) in [6, 6.07) is 2.82. The summed E-state index contributed by atoms with van der Waals surface area (Å²) >= 11 is 5.52. The first kappa shape index (κ1) is 13.6. The number of hydrogen-bond acceptors (Lipinski definition) is 2. The lowest BCUT2D eigenvalue weighted by Crippen LogP contribution is -2.38. The van der Waals surface area contributed by atoms with Crippen molar-refractivity contribution in [1.29, 1.82) is 0 Å². The highest BCUT2D eigenvalue weighted by Crippen LogP contribution is 2.39. The maximum Gasteiger partial charge on any atom is 0.0314 e. The minimum absolute atomic E-state index is 0.650. The van der Waals surface area contributed by atoms with Gasteiger partial charge < -0.3 is 5.32 Å². The average molecular weight is 316 g/mol. The third-order valence-corrected chi connectivity index (χ3v) is 5.70. The molecule has 0 radical (unpaired) electrons. The van der Waals surface area contributed by atoms with Crippen molar-refractivity contribution >= 4 is 27.3 Å². The number of rotatable bonds is 7. The molecule has 3 heteroatoms. The first-order valence-electron chi connectivity index (χ1n) is 6.67. The largest absolute Gasteiger partial charge is 0.313 e. The van der Waals surface area contributed by atoms with Crippen LogP contribution in [0.5, 0.6) is 0 Å². The fourth-order valence-electron chi connectivity index (χ4n) is 2.39. The molecular weight excluding hydrogens is 294 g/mol. The van der Waals surface area contributed by atoms with Crippen molar-refractivity contribution in [2.45, 2.75) is 45.6 Å². The molecule has 2 unspecified atom stereocenters. The Morgan fingerprint density at radius 2 is 2.29 bits per heavy atom. The van der Waals surface area contributed by atoms with Crippen molar-refractivity contribution in [2.24, 2.45) is 11.8 Å². The predicted octanol–water partition coefficient (Wildman–Crippen LogP) is 4.47. The molecule has 1 aliphatic carbocycles. The summed E-state index contributed by atoms with van der Waals surface area (Å²) in [5, 5.41) is 5.92. The van der Waals surface area contributed by atoms with Crippen molar-refractivity contribution in [3.63, 3.8) is 0 Å². The van der Waals surface area contributed by atoms with Crippen LogP contribution in [0.3, 0.4) is 0 Å². The SMILES string of the molecule is CCCNC(Cc1sccc1Br)C(C)C1CC1. The molecule has 0 bridgehead atoms. The summed E-state index contributed by atoms with van der Waals surface area (Å²) in [4.78, 5) is 1.49. The lowest BCUT2D eigenvalue weighted by Gasteiger charge is -2.25. The maximum atomic E-state index is 3.74. The van der Waals surface area contributed by atoms with Crippen LogP contribution in [0.2, 0.25) is 0 Å². The van der Waals surface area contributed by atoms with Crippen molar-refractivity contribution in [3.05, 3.63) is 20.8 Å². The fraction of sp³-hybridized carbons (Fsp3) is 0.714. The molecule has 0 aliphatic heterocycles. The van der Waals surface area contributed by atoms with E-state index in [0.29, 0.717) is 6.04 Å². The number of thiophene rings is 1. The van der Waals surface area contributed by atoms with Crippen LogP contribution in [0.25, 0.3) is 0 Å². The van der Waals surface area contributed by atoms with Crippen LogP contribution in [0.4, 0.5) is 0 Å². The molecule has 17 heavy (non-hydrogen) atoms. The molecular formula is C14H22BrNS. The van der Waals surface area contributed by atoms with Gasteiger partial charge in [0.2, 0.25) is 0 Å². The molecule has 2 rings (SSSR count). The summed E-state index contributed by atoms with van der Waals surface area (Å²) in [6.45, 7) is 5.81. The first-order valence-corrected chi connectivity index (χ1v) is 8.35. The number of nitrogens with one attached hydrogen (secondary N) is 1. The Hall–Kier alpha value is 0.140. The van der Waals surface area contributed by atoms with Gasteiger partial charge in [-0.15, -0.1) is 11.3 Å². The quantitative estimate of drug-likeness (QED) is 0.783. The smallest absolute Gasteiger partial charge is 0.0314 e. The molecule has 1 fully saturated rings. The lowest BCUT2D eigenvalue weighted by atomic mass is 9.93. The van der Waals surface area contributed by atoms with Gasteiger partial charge >= 0.3 is 0 Å². The van der Waals surface area contributed by atoms with Gasteiger partial charge in [0.15, 0.2) is 0 Å². The van der Waals surface area contributed by atoms with E-state index >= 15 is 0 Å². The third-order valence-electron chi connectivity index (χ3n) is 3.75. The van der Waals surface area contributed by atoms with Crippen LogP contribution in [0.1, 0.15) is 38.0 Å². The Balaban J connectivity index is 1.96. The topological polar surface area (TPSA) is 12.0 Å². The molecule has 1 nitrogen and oxygen atoms in total. The van der Waals surface area contributed by atoms with Gasteiger partial charge in [-0.2, -0.15) is 0 Å². The molecule has 1 heterocycles. The number of halogens is 1. The molecule has 0 amide bonds. The zero-order chi connectivity index (χ0) is 12.3. The Bertz CT molecular complexity index is 346. The molecule has 1 aromatic rings. The fourth-order valence-corrected chi connectivity index (χ4v) is 3.97. The highest BCUT2D eigenvalue weighted by atomic mass is 79.9. The van der Waals surface area contributed by atoms with Gasteiger partial charge in [0.25, 0.3) is 0 Å². The predicted molar refractivity (Wildman–Crippen MR) is 79.7 cm³/mol. The Morgan fingerprint density at radius 1 is 1.53 bits per heavy atom. The van der Waals surface area contributed by atoms with Gasteiger partial charge in [0, 0.05) is 15.4 Å². The zero-order valence-electron chi connectivity index (χ0n) is 10.7. The van der Waals surface area contributed by atoms with Crippen LogP contribution < -0.4 is 5.32 Å². The standard InChI is InChI=1S/C14H22BrNS/c1-3-7-16-13(10(2)11-4-5-11)9-14-12(15)6-8-17-14/h6,8,10-11,13,16H,3-5,7,9H2,1-2H3. The van der Waals surface area contributed by atoms with E-state index in [1.165, 1.54) is 35.0 Å². The summed E-state index contributed by atoms with van der Waals surface area (Å²) in [6.07, 6.45) is 5.28. The zero-order valence-corrected chi connectivity index (χ0v) is 13.1. The molecule has 2 atom stereocenters. The minimum atomic E-state index is 0.650. The van der Waals surface area contributed by atoms with E-state index in [1.807, 2.05) is 11.3 Å². The van der Waals surface area contributed by atoms with E-state index in [2.05, 4.69) is 46.5 Å². The van der Waals surface area contributed by atoms with Gasteiger partial charge in [-0.05, 0) is 71.4 Å². The van der Waals surface area contributed by atoms with Crippen molar-refractivity contribution in [3.8, 4) is 0 Å². The van der Waals surface area contributed by atoms with Gasteiger partial charge in [-0.25, -0.2) is 0 Å². The molecule has 96 valence electrons. The second-order valence-corrected chi connectivity index (χ2v) is 7.01. The van der Waals surface area contributed by atoms with E-state index in [-0.39, 0.29) is 0 Å². The lowest BCUT2D eigenvalue weighted by molar-refractivity contribution is 0.341. The molecule has 0 aromatic carbocycles. The molecule has 0 saturated heterocycles. The average Bonchev–Trinajstić information content (AvgIpc) is 3.09. The van der Waals surface area contributed by atoms with Crippen LogP contribution in [-0.4, -0.2) is 12.6 Å². The number of hydrogen-bond donors (Lipinski definition) is 1. The summed E-state index contributed by atoms with van der Waals surface area (Å²) in [5.74, 6) is 1.79. The second-order valence-electron chi connectivity index (χ2n) is 5.15. The van der Waals surface area contributed by atoms with Gasteiger partial charge in [-0.1, -0.05) is 13.8 Å². The molecule has 1 aliphatic rings. The molecule has 0 spiro atoms. The highest BCUT2D eigenvalue weighted by Gasteiger charge is 2.33. The highest BCUT2D eigenvalue weighted by molar-refractivity contribution is 9.10. The van der Waals surface area contributed by atoms with E-state index in [4.69, 9.17) is 0 Å². The Morgan fingerprint density at radius 3 is 2.82 bits per heavy atom.